The topological polar surface area (TPSA) is 131 Å². The van der Waals surface area contributed by atoms with Gasteiger partial charge in [0.15, 0.2) is 0 Å². The van der Waals surface area contributed by atoms with Crippen molar-refractivity contribution in [2.45, 2.75) is 32.7 Å². The van der Waals surface area contributed by atoms with Crippen molar-refractivity contribution in [3.63, 3.8) is 0 Å². The molecule has 0 radical (unpaired) electrons. The monoisotopic (exact) mass is 552 g/mol. The molecule has 0 atom stereocenters. The number of hydrogen-bond acceptors (Lipinski definition) is 9. The first-order valence-corrected chi connectivity index (χ1v) is 12.7. The van der Waals surface area contributed by atoms with Gasteiger partial charge >= 0.3 is 0 Å². The van der Waals surface area contributed by atoms with Crippen LogP contribution < -0.4 is 9.47 Å². The molecule has 0 unspecified atom stereocenters. The number of carbonyl (C=O) groups excluding carboxylic acids is 1. The molecule has 0 fully saturated rings. The van der Waals surface area contributed by atoms with E-state index in [2.05, 4.69) is 15.2 Å². The fraction of sp³-hybridized carbons (Fsp3) is 0.286. The lowest BCUT2D eigenvalue weighted by molar-refractivity contribution is 0.0773. The van der Waals surface area contributed by atoms with Crippen molar-refractivity contribution in [1.29, 1.82) is 0 Å². The van der Waals surface area contributed by atoms with E-state index >= 15 is 0 Å². The Bertz CT molecular complexity index is 1470. The fourth-order valence-electron chi connectivity index (χ4n) is 4.22. The van der Waals surface area contributed by atoms with Gasteiger partial charge in [0.05, 0.1) is 48.2 Å². The third-order valence-electron chi connectivity index (χ3n) is 6.18. The molecule has 0 bridgehead atoms. The predicted molar refractivity (Wildman–Crippen MR) is 145 cm³/mol. The average molecular weight is 553 g/mol. The standard InChI is InChI=1S/C28H29ClN4O6/c1-5-6-12-18-22(23-19(37-3)13-9-14-20(23)38-4)25(34)24(26(35)30-18)27-32-31-21(39-27)15-33(2)28(36)16-10-7-8-11-17(16)29/h7-11,13-14H,5-6,12,15H2,1-4H3,(H2,30,34,35). The maximum atomic E-state index is 12.8. The molecule has 0 aliphatic rings. The van der Waals surface area contributed by atoms with Crippen LogP contribution in [0.2, 0.25) is 5.02 Å². The Morgan fingerprint density at radius 3 is 2.33 bits per heavy atom. The van der Waals surface area contributed by atoms with Gasteiger partial charge in [0, 0.05) is 7.05 Å². The molecular formula is C28H29ClN4O6. The summed E-state index contributed by atoms with van der Waals surface area (Å²) in [7, 11) is 4.60. The molecule has 4 rings (SSSR count). The molecule has 204 valence electrons. The minimum atomic E-state index is -0.466. The highest BCUT2D eigenvalue weighted by atomic mass is 35.5. The number of methoxy groups -OCH3 is 2. The highest BCUT2D eigenvalue weighted by molar-refractivity contribution is 6.33. The van der Waals surface area contributed by atoms with Crippen LogP contribution in [0.3, 0.4) is 0 Å². The highest BCUT2D eigenvalue weighted by Crippen LogP contribution is 2.49. The normalized spacial score (nSPS) is 10.9. The second kappa shape index (κ2) is 12.0. The van der Waals surface area contributed by atoms with Crippen molar-refractivity contribution in [3.8, 4) is 45.7 Å². The number of amides is 1. The Morgan fingerprint density at radius 1 is 1.00 bits per heavy atom. The van der Waals surface area contributed by atoms with Gasteiger partial charge in [0.25, 0.3) is 11.8 Å². The molecule has 0 aliphatic heterocycles. The molecule has 0 aliphatic carbocycles. The van der Waals surface area contributed by atoms with Crippen molar-refractivity contribution in [2.75, 3.05) is 21.3 Å². The number of rotatable bonds is 10. The number of hydrogen-bond donors (Lipinski definition) is 2. The number of aromatic nitrogens is 3. The summed E-state index contributed by atoms with van der Waals surface area (Å²) in [6.45, 7) is 2.00. The number of halogens is 1. The molecule has 11 heteroatoms. The minimum Gasteiger partial charge on any atom is -0.506 e. The zero-order valence-electron chi connectivity index (χ0n) is 22.1. The van der Waals surface area contributed by atoms with Crippen LogP contribution in [0.5, 0.6) is 23.1 Å². The van der Waals surface area contributed by atoms with Crippen LogP contribution >= 0.6 is 11.6 Å². The van der Waals surface area contributed by atoms with E-state index in [4.69, 9.17) is 25.5 Å². The van der Waals surface area contributed by atoms with Gasteiger partial charge in [-0.15, -0.1) is 10.2 Å². The summed E-state index contributed by atoms with van der Waals surface area (Å²) in [5.74, 6) is -0.294. The molecule has 0 spiro atoms. The first kappa shape index (κ1) is 27.7. The fourth-order valence-corrected chi connectivity index (χ4v) is 4.44. The molecule has 0 saturated heterocycles. The average Bonchev–Trinajstić information content (AvgIpc) is 3.38. The van der Waals surface area contributed by atoms with Crippen LogP contribution in [0.1, 0.15) is 41.7 Å². The van der Waals surface area contributed by atoms with Crippen LogP contribution in [0.25, 0.3) is 22.6 Å². The van der Waals surface area contributed by atoms with Gasteiger partial charge in [-0.25, -0.2) is 4.98 Å². The molecule has 4 aromatic rings. The second-order valence-electron chi connectivity index (χ2n) is 8.76. The van der Waals surface area contributed by atoms with E-state index in [-0.39, 0.29) is 35.5 Å². The minimum absolute atomic E-state index is 0.0339. The smallest absolute Gasteiger partial charge is 0.257 e. The Hall–Kier alpha value is -4.31. The van der Waals surface area contributed by atoms with Crippen LogP contribution in [-0.4, -0.2) is 57.5 Å². The maximum Gasteiger partial charge on any atom is 0.257 e. The van der Waals surface area contributed by atoms with E-state index in [9.17, 15) is 15.0 Å². The lowest BCUT2D eigenvalue weighted by atomic mass is 9.95. The van der Waals surface area contributed by atoms with Crippen molar-refractivity contribution in [2.24, 2.45) is 0 Å². The molecule has 39 heavy (non-hydrogen) atoms. The largest absolute Gasteiger partial charge is 0.506 e. The quantitative estimate of drug-likeness (QED) is 0.262. The molecule has 1 amide bonds. The van der Waals surface area contributed by atoms with E-state index in [0.29, 0.717) is 45.3 Å². The number of unbranched alkanes of at least 4 members (excludes halogenated alkanes) is 1. The van der Waals surface area contributed by atoms with Crippen LogP contribution in [0, 0.1) is 0 Å². The molecule has 2 aromatic carbocycles. The third kappa shape index (κ3) is 5.61. The third-order valence-corrected chi connectivity index (χ3v) is 6.51. The summed E-state index contributed by atoms with van der Waals surface area (Å²) >= 11 is 6.16. The Labute approximate surface area is 230 Å². The molecule has 10 nitrogen and oxygen atoms in total. The van der Waals surface area contributed by atoms with Gasteiger partial charge in [0.2, 0.25) is 11.8 Å². The first-order valence-electron chi connectivity index (χ1n) is 12.3. The number of aromatic hydroxyl groups is 2. The van der Waals surface area contributed by atoms with Gasteiger partial charge in [-0.05, 0) is 37.1 Å². The number of ether oxygens (including phenoxy) is 2. The summed E-state index contributed by atoms with van der Waals surface area (Å²) < 4.78 is 16.9. The second-order valence-corrected chi connectivity index (χ2v) is 9.17. The zero-order chi connectivity index (χ0) is 28.1. The van der Waals surface area contributed by atoms with Crippen molar-refractivity contribution < 1.29 is 28.9 Å². The van der Waals surface area contributed by atoms with Crippen LogP contribution in [-0.2, 0) is 13.0 Å². The van der Waals surface area contributed by atoms with E-state index in [1.54, 1.807) is 49.5 Å². The molecule has 2 N–H and O–H groups in total. The summed E-state index contributed by atoms with van der Waals surface area (Å²) in [6, 6.07) is 11.9. The number of nitrogens with zero attached hydrogens (tertiary/aromatic N) is 4. The van der Waals surface area contributed by atoms with Gasteiger partial charge in [-0.3, -0.25) is 4.79 Å². The van der Waals surface area contributed by atoms with E-state index < -0.39 is 5.88 Å². The molecule has 2 aromatic heterocycles. The van der Waals surface area contributed by atoms with Gasteiger partial charge in [0.1, 0.15) is 22.8 Å². The van der Waals surface area contributed by atoms with Crippen molar-refractivity contribution in [3.05, 3.63) is 64.6 Å². The Kier molecular flexibility index (Phi) is 8.55. The predicted octanol–water partition coefficient (Wildman–Crippen LogP) is 5.50. The lowest BCUT2D eigenvalue weighted by Gasteiger charge is -2.19. The Balaban J connectivity index is 1.76. The lowest BCUT2D eigenvalue weighted by Crippen LogP contribution is -2.26. The van der Waals surface area contributed by atoms with Crippen molar-refractivity contribution in [1.82, 2.24) is 20.1 Å². The number of pyridine rings is 1. The van der Waals surface area contributed by atoms with Gasteiger partial charge in [-0.1, -0.05) is 43.1 Å². The number of aryl methyl sites for hydroxylation is 1. The number of carbonyl (C=O) groups is 1. The van der Waals surface area contributed by atoms with E-state index in [0.717, 1.165) is 12.8 Å². The SMILES string of the molecule is CCCCc1nc(O)c(-c2nnc(CN(C)C(=O)c3ccccc3Cl)o2)c(O)c1-c1c(OC)cccc1OC. The van der Waals surface area contributed by atoms with Gasteiger partial charge < -0.3 is 29.0 Å². The summed E-state index contributed by atoms with van der Waals surface area (Å²) in [5, 5.41) is 30.8. The van der Waals surface area contributed by atoms with E-state index in [1.165, 1.54) is 19.1 Å². The highest BCUT2D eigenvalue weighted by Gasteiger charge is 2.29. The molecular weight excluding hydrogens is 524 g/mol. The molecule has 0 saturated carbocycles. The molecule has 2 heterocycles. The number of benzene rings is 2. The van der Waals surface area contributed by atoms with Crippen molar-refractivity contribution >= 4 is 17.5 Å². The van der Waals surface area contributed by atoms with E-state index in [1.807, 2.05) is 6.92 Å². The summed E-state index contributed by atoms with van der Waals surface area (Å²) in [4.78, 5) is 18.6. The van der Waals surface area contributed by atoms with Crippen LogP contribution in [0.4, 0.5) is 0 Å². The summed E-state index contributed by atoms with van der Waals surface area (Å²) in [6.07, 6.45) is 2.13. The maximum absolute atomic E-state index is 12.8. The Morgan fingerprint density at radius 2 is 1.69 bits per heavy atom. The van der Waals surface area contributed by atoms with Gasteiger partial charge in [-0.2, -0.15) is 0 Å². The summed E-state index contributed by atoms with van der Waals surface area (Å²) in [5.41, 5.74) is 1.46. The van der Waals surface area contributed by atoms with Crippen LogP contribution in [0.15, 0.2) is 46.9 Å². The zero-order valence-corrected chi connectivity index (χ0v) is 22.8. The first-order chi connectivity index (χ1) is 18.8.